The first-order valence-electron chi connectivity index (χ1n) is 9.49. The Kier molecular flexibility index (Phi) is 5.51. The Bertz CT molecular complexity index is 1050. The largest absolute Gasteiger partial charge is 0.383 e. The fourth-order valence-electron chi connectivity index (χ4n) is 3.66. The minimum absolute atomic E-state index is 0.0365. The summed E-state index contributed by atoms with van der Waals surface area (Å²) in [5, 5.41) is 1.25. The van der Waals surface area contributed by atoms with Crippen LogP contribution < -0.4 is 11.5 Å². The molecule has 0 atom stereocenters. The lowest BCUT2D eigenvalue weighted by Gasteiger charge is -2.32. The molecule has 1 saturated heterocycles. The van der Waals surface area contributed by atoms with Crippen molar-refractivity contribution in [1.82, 2.24) is 14.9 Å². The summed E-state index contributed by atoms with van der Waals surface area (Å²) in [5.41, 5.74) is 13.9. The lowest BCUT2D eigenvalue weighted by atomic mass is 10.1. The normalized spacial score (nSPS) is 15.0. The van der Waals surface area contributed by atoms with Crippen LogP contribution in [0.25, 0.3) is 10.9 Å². The number of anilines is 2. The average Bonchev–Trinajstić information content (AvgIpc) is 2.72. The number of nitrogens with zero attached hydrogens (tertiary/aromatic N) is 3. The van der Waals surface area contributed by atoms with Gasteiger partial charge >= 0.3 is 0 Å². The van der Waals surface area contributed by atoms with E-state index in [9.17, 15) is 4.79 Å². The van der Waals surface area contributed by atoms with Crippen molar-refractivity contribution >= 4 is 40.2 Å². The summed E-state index contributed by atoms with van der Waals surface area (Å²) in [4.78, 5) is 22.8. The number of carbonyl (C=O) groups excluding carboxylic acids is 1. The molecule has 1 aliphatic rings. The van der Waals surface area contributed by atoms with E-state index in [1.807, 2.05) is 35.2 Å². The van der Waals surface area contributed by atoms with E-state index in [1.165, 1.54) is 0 Å². The topological polar surface area (TPSA) is 107 Å². The molecule has 0 saturated carbocycles. The highest BCUT2D eigenvalue weighted by Crippen LogP contribution is 2.26. The third-order valence-corrected chi connectivity index (χ3v) is 5.49. The maximum Gasteiger partial charge on any atom is 0.255 e. The third-order valence-electron chi connectivity index (χ3n) is 5.16. The Morgan fingerprint density at radius 1 is 1.10 bits per heavy atom. The summed E-state index contributed by atoms with van der Waals surface area (Å²) in [6.45, 7) is 1.66. The van der Waals surface area contributed by atoms with Gasteiger partial charge in [0.15, 0.2) is 0 Å². The molecule has 0 bridgehead atoms. The minimum Gasteiger partial charge on any atom is -0.383 e. The van der Waals surface area contributed by atoms with E-state index in [-0.39, 0.29) is 18.0 Å². The standard InChI is InChI=1S/C21H22ClN5O2/c22-16-6-2-1-5-15(16)20(28)27-10-8-14(9-11-27)29-12-13-4-3-7-17-18(13)19(23)26-21(24)25-17/h1-7,14H,8-12H2,(H4,23,24,25,26). The van der Waals surface area contributed by atoms with Gasteiger partial charge in [-0.3, -0.25) is 4.79 Å². The number of carbonyl (C=O) groups is 1. The Morgan fingerprint density at radius 2 is 1.86 bits per heavy atom. The molecule has 1 fully saturated rings. The predicted molar refractivity (Wildman–Crippen MR) is 114 cm³/mol. The van der Waals surface area contributed by atoms with Crippen molar-refractivity contribution in [3.8, 4) is 0 Å². The Balaban J connectivity index is 1.38. The molecule has 2 heterocycles. The van der Waals surface area contributed by atoms with Gasteiger partial charge in [0.1, 0.15) is 5.82 Å². The monoisotopic (exact) mass is 411 g/mol. The Hall–Kier alpha value is -2.90. The van der Waals surface area contributed by atoms with Gasteiger partial charge in [-0.15, -0.1) is 0 Å². The van der Waals surface area contributed by atoms with E-state index < -0.39 is 0 Å². The van der Waals surface area contributed by atoms with E-state index >= 15 is 0 Å². The Morgan fingerprint density at radius 3 is 2.62 bits per heavy atom. The van der Waals surface area contributed by atoms with Gasteiger partial charge in [0.25, 0.3) is 5.91 Å². The summed E-state index contributed by atoms with van der Waals surface area (Å²) in [6, 6.07) is 12.8. The Labute approximate surface area is 173 Å². The summed E-state index contributed by atoms with van der Waals surface area (Å²) < 4.78 is 6.11. The van der Waals surface area contributed by atoms with E-state index in [2.05, 4.69) is 9.97 Å². The van der Waals surface area contributed by atoms with Gasteiger partial charge in [-0.05, 0) is 36.6 Å². The molecule has 29 heavy (non-hydrogen) atoms. The molecule has 1 aromatic heterocycles. The first-order chi connectivity index (χ1) is 14.0. The fraction of sp³-hybridized carbons (Fsp3) is 0.286. The number of benzene rings is 2. The molecule has 1 amide bonds. The van der Waals surface area contributed by atoms with Crippen LogP contribution in [-0.2, 0) is 11.3 Å². The van der Waals surface area contributed by atoms with Crippen molar-refractivity contribution in [2.24, 2.45) is 0 Å². The van der Waals surface area contributed by atoms with E-state index in [0.29, 0.717) is 41.6 Å². The van der Waals surface area contributed by atoms with Crippen molar-refractivity contribution in [1.29, 1.82) is 0 Å². The predicted octanol–water partition coefficient (Wildman–Crippen LogP) is 3.27. The molecule has 0 aliphatic carbocycles. The molecule has 4 N–H and O–H groups in total. The highest BCUT2D eigenvalue weighted by molar-refractivity contribution is 6.33. The number of halogens is 1. The number of ether oxygens (including phenoxy) is 1. The second-order valence-electron chi connectivity index (χ2n) is 7.06. The van der Waals surface area contributed by atoms with Crippen molar-refractivity contribution in [3.05, 3.63) is 58.6 Å². The van der Waals surface area contributed by atoms with Crippen LogP contribution in [0, 0.1) is 0 Å². The number of fused-ring (bicyclic) bond motifs is 1. The maximum atomic E-state index is 12.7. The highest BCUT2D eigenvalue weighted by Gasteiger charge is 2.25. The molecule has 1 aliphatic heterocycles. The van der Waals surface area contributed by atoms with E-state index in [4.69, 9.17) is 27.8 Å². The third kappa shape index (κ3) is 4.11. The molecule has 8 heteroatoms. The zero-order valence-electron chi connectivity index (χ0n) is 15.8. The molecule has 2 aromatic carbocycles. The van der Waals surface area contributed by atoms with Crippen molar-refractivity contribution in [2.75, 3.05) is 24.6 Å². The zero-order chi connectivity index (χ0) is 20.4. The van der Waals surface area contributed by atoms with Crippen LogP contribution in [0.1, 0.15) is 28.8 Å². The lowest BCUT2D eigenvalue weighted by molar-refractivity contribution is 0.0000440. The van der Waals surface area contributed by atoms with Crippen LogP contribution in [-0.4, -0.2) is 40.0 Å². The summed E-state index contributed by atoms with van der Waals surface area (Å²) >= 11 is 6.15. The number of nitrogen functional groups attached to an aromatic ring is 2. The van der Waals surface area contributed by atoms with Crippen LogP contribution >= 0.6 is 11.6 Å². The van der Waals surface area contributed by atoms with Crippen molar-refractivity contribution in [3.63, 3.8) is 0 Å². The number of hydrogen-bond donors (Lipinski definition) is 2. The lowest BCUT2D eigenvalue weighted by Crippen LogP contribution is -2.41. The van der Waals surface area contributed by atoms with E-state index in [1.54, 1.807) is 12.1 Å². The molecule has 0 unspecified atom stereocenters. The van der Waals surface area contributed by atoms with Gasteiger partial charge in [-0.1, -0.05) is 35.9 Å². The number of nitrogens with two attached hydrogens (primary N) is 2. The van der Waals surface area contributed by atoms with Gasteiger partial charge < -0.3 is 21.1 Å². The first kappa shape index (κ1) is 19.4. The van der Waals surface area contributed by atoms with Crippen LogP contribution in [0.5, 0.6) is 0 Å². The van der Waals surface area contributed by atoms with Crippen LogP contribution in [0.2, 0.25) is 5.02 Å². The molecule has 4 rings (SSSR count). The molecule has 0 radical (unpaired) electrons. The maximum absolute atomic E-state index is 12.7. The minimum atomic E-state index is -0.0365. The smallest absolute Gasteiger partial charge is 0.255 e. The van der Waals surface area contributed by atoms with Crippen LogP contribution in [0.15, 0.2) is 42.5 Å². The molecule has 3 aromatic rings. The fourth-order valence-corrected chi connectivity index (χ4v) is 3.88. The number of rotatable bonds is 4. The molecular weight excluding hydrogens is 390 g/mol. The van der Waals surface area contributed by atoms with Crippen LogP contribution in [0.3, 0.4) is 0 Å². The molecule has 0 spiro atoms. The number of amides is 1. The number of likely N-dealkylation sites (tertiary alicyclic amines) is 1. The van der Waals surface area contributed by atoms with Gasteiger partial charge in [-0.25, -0.2) is 4.98 Å². The average molecular weight is 412 g/mol. The van der Waals surface area contributed by atoms with Crippen LogP contribution in [0.4, 0.5) is 11.8 Å². The van der Waals surface area contributed by atoms with Gasteiger partial charge in [-0.2, -0.15) is 4.98 Å². The summed E-state index contributed by atoms with van der Waals surface area (Å²) in [5.74, 6) is 0.473. The first-order valence-corrected chi connectivity index (χ1v) is 9.86. The van der Waals surface area contributed by atoms with Gasteiger partial charge in [0.05, 0.1) is 28.8 Å². The zero-order valence-corrected chi connectivity index (χ0v) is 16.6. The number of aromatic nitrogens is 2. The molecule has 150 valence electrons. The number of hydrogen-bond acceptors (Lipinski definition) is 6. The van der Waals surface area contributed by atoms with E-state index in [0.717, 1.165) is 23.8 Å². The van der Waals surface area contributed by atoms with Crippen molar-refractivity contribution in [2.45, 2.75) is 25.6 Å². The van der Waals surface area contributed by atoms with Gasteiger partial charge in [0, 0.05) is 18.5 Å². The molecular formula is C21H22ClN5O2. The quantitative estimate of drug-likeness (QED) is 0.682. The molecule has 7 nitrogen and oxygen atoms in total. The second-order valence-corrected chi connectivity index (χ2v) is 7.47. The number of piperidine rings is 1. The SMILES string of the molecule is Nc1nc(N)c2c(COC3CCN(C(=O)c4ccccc4Cl)CC3)cccc2n1. The summed E-state index contributed by atoms with van der Waals surface area (Å²) in [7, 11) is 0. The summed E-state index contributed by atoms with van der Waals surface area (Å²) in [6.07, 6.45) is 1.59. The van der Waals surface area contributed by atoms with Crippen molar-refractivity contribution < 1.29 is 9.53 Å². The second kappa shape index (κ2) is 8.23. The highest BCUT2D eigenvalue weighted by atomic mass is 35.5. The van der Waals surface area contributed by atoms with Gasteiger partial charge in [0.2, 0.25) is 5.95 Å².